The van der Waals surface area contributed by atoms with Crippen molar-refractivity contribution in [2.24, 2.45) is 0 Å². The van der Waals surface area contributed by atoms with Crippen LogP contribution < -0.4 is 0 Å². The minimum Gasteiger partial charge on any atom is -0.390 e. The molecule has 0 fully saturated rings. The Hall–Kier alpha value is -1.42. The van der Waals surface area contributed by atoms with E-state index in [1.807, 2.05) is 0 Å². The van der Waals surface area contributed by atoms with Crippen LogP contribution >= 0.6 is 0 Å². The number of aromatic nitrogens is 1. The Morgan fingerprint density at radius 2 is 2.00 bits per heavy atom. The highest BCUT2D eigenvalue weighted by Gasteiger charge is 2.14. The number of alkyl halides is 2. The highest BCUT2D eigenvalue weighted by atomic mass is 19.3. The molecule has 0 spiro atoms. The van der Waals surface area contributed by atoms with E-state index >= 15 is 0 Å². The van der Waals surface area contributed by atoms with Crippen molar-refractivity contribution in [3.63, 3.8) is 0 Å². The monoisotopic (exact) mass is 197 g/mol. The lowest BCUT2D eigenvalue weighted by Gasteiger charge is -2.06. The third-order valence-electron chi connectivity index (χ3n) is 2.19. The number of hydrogen-bond acceptors (Lipinski definition) is 1. The number of aliphatic hydroxyl groups excluding tert-OH is 1. The average molecular weight is 197 g/mol. The van der Waals surface area contributed by atoms with Gasteiger partial charge < -0.3 is 5.11 Å². The van der Waals surface area contributed by atoms with Gasteiger partial charge in [-0.2, -0.15) is 8.78 Å². The van der Waals surface area contributed by atoms with Gasteiger partial charge in [0.15, 0.2) is 0 Å². The van der Waals surface area contributed by atoms with Crippen molar-refractivity contribution in [3.8, 4) is 0 Å². The largest absolute Gasteiger partial charge is 0.390 e. The van der Waals surface area contributed by atoms with Crippen LogP contribution in [0.5, 0.6) is 0 Å². The molecule has 1 N–H and O–H groups in total. The van der Waals surface area contributed by atoms with Crippen molar-refractivity contribution < 1.29 is 13.9 Å². The number of aliphatic hydroxyl groups is 1. The van der Waals surface area contributed by atoms with Gasteiger partial charge in [-0.1, -0.05) is 18.2 Å². The fourth-order valence-electron chi connectivity index (χ4n) is 1.59. The third-order valence-corrected chi connectivity index (χ3v) is 2.19. The van der Waals surface area contributed by atoms with E-state index in [-0.39, 0.29) is 12.3 Å². The van der Waals surface area contributed by atoms with E-state index in [1.54, 1.807) is 30.3 Å². The molecule has 74 valence electrons. The Kier molecular flexibility index (Phi) is 2.21. The number of benzene rings is 1. The molecule has 14 heavy (non-hydrogen) atoms. The summed E-state index contributed by atoms with van der Waals surface area (Å²) >= 11 is 0. The van der Waals surface area contributed by atoms with Gasteiger partial charge in [-0.25, -0.2) is 0 Å². The molecule has 2 rings (SSSR count). The predicted molar refractivity (Wildman–Crippen MR) is 49.1 cm³/mol. The highest BCUT2D eigenvalue weighted by molar-refractivity contribution is 5.81. The maximum atomic E-state index is 12.6. The SMILES string of the molecule is OCc1cc2ccccc2n1C(F)F. The van der Waals surface area contributed by atoms with E-state index in [0.717, 1.165) is 9.95 Å². The van der Waals surface area contributed by atoms with Crippen molar-refractivity contribution in [2.75, 3.05) is 0 Å². The molecule has 0 unspecified atom stereocenters. The zero-order valence-corrected chi connectivity index (χ0v) is 7.32. The Morgan fingerprint density at radius 3 is 2.64 bits per heavy atom. The molecule has 2 nitrogen and oxygen atoms in total. The Balaban J connectivity index is 2.74. The highest BCUT2D eigenvalue weighted by Crippen LogP contribution is 2.25. The predicted octanol–water partition coefficient (Wildman–Crippen LogP) is 2.53. The lowest BCUT2D eigenvalue weighted by Crippen LogP contribution is -2.02. The molecular formula is C10H9F2NO. The fraction of sp³-hybridized carbons (Fsp3) is 0.200. The van der Waals surface area contributed by atoms with Crippen LogP contribution in [0.3, 0.4) is 0 Å². The summed E-state index contributed by atoms with van der Waals surface area (Å²) in [7, 11) is 0. The quantitative estimate of drug-likeness (QED) is 0.786. The molecule has 0 aliphatic rings. The molecule has 0 aliphatic carbocycles. The molecule has 1 aromatic heterocycles. The van der Waals surface area contributed by atoms with Crippen LogP contribution in [-0.4, -0.2) is 9.67 Å². The third kappa shape index (κ3) is 1.28. The van der Waals surface area contributed by atoms with E-state index < -0.39 is 6.55 Å². The molecule has 2 aromatic rings. The van der Waals surface area contributed by atoms with Gasteiger partial charge in [0.2, 0.25) is 0 Å². The topological polar surface area (TPSA) is 25.2 Å². The molecule has 1 heterocycles. The number of hydrogen-bond donors (Lipinski definition) is 1. The number of para-hydroxylation sites is 1. The molecule has 0 atom stereocenters. The summed E-state index contributed by atoms with van der Waals surface area (Å²) in [6.45, 7) is -2.99. The minimum absolute atomic E-state index is 0.237. The number of nitrogens with zero attached hydrogens (tertiary/aromatic N) is 1. The van der Waals surface area contributed by atoms with E-state index in [2.05, 4.69) is 0 Å². The van der Waals surface area contributed by atoms with Gasteiger partial charge in [0.05, 0.1) is 12.1 Å². The normalized spacial score (nSPS) is 11.4. The van der Waals surface area contributed by atoms with Gasteiger partial charge in [0.25, 0.3) is 0 Å². The number of fused-ring (bicyclic) bond motifs is 1. The zero-order chi connectivity index (χ0) is 10.1. The second-order valence-corrected chi connectivity index (χ2v) is 3.00. The summed E-state index contributed by atoms with van der Waals surface area (Å²) in [5, 5.41) is 9.63. The van der Waals surface area contributed by atoms with Gasteiger partial charge in [0.1, 0.15) is 0 Å². The van der Waals surface area contributed by atoms with Crippen LogP contribution in [0.1, 0.15) is 12.2 Å². The van der Waals surface area contributed by atoms with E-state index in [4.69, 9.17) is 5.11 Å². The zero-order valence-electron chi connectivity index (χ0n) is 7.32. The van der Waals surface area contributed by atoms with Gasteiger partial charge in [-0.3, -0.25) is 4.57 Å². The first-order valence-electron chi connectivity index (χ1n) is 4.22. The maximum Gasteiger partial charge on any atom is 0.319 e. The van der Waals surface area contributed by atoms with E-state index in [0.29, 0.717) is 5.52 Å². The minimum atomic E-state index is -2.61. The molecule has 0 amide bonds. The van der Waals surface area contributed by atoms with Crippen LogP contribution in [-0.2, 0) is 6.61 Å². The Bertz CT molecular complexity index is 450. The van der Waals surface area contributed by atoms with Gasteiger partial charge >= 0.3 is 6.55 Å². The van der Waals surface area contributed by atoms with Crippen LogP contribution in [0.15, 0.2) is 30.3 Å². The summed E-state index contributed by atoms with van der Waals surface area (Å²) < 4.78 is 26.1. The second kappa shape index (κ2) is 3.38. The Morgan fingerprint density at radius 1 is 1.29 bits per heavy atom. The van der Waals surface area contributed by atoms with Crippen molar-refractivity contribution >= 4 is 10.9 Å². The summed E-state index contributed by atoms with van der Waals surface area (Å²) in [5.41, 5.74) is 0.688. The van der Waals surface area contributed by atoms with Crippen LogP contribution in [0.4, 0.5) is 8.78 Å². The van der Waals surface area contributed by atoms with Crippen molar-refractivity contribution in [1.29, 1.82) is 0 Å². The first-order valence-corrected chi connectivity index (χ1v) is 4.22. The van der Waals surface area contributed by atoms with Crippen LogP contribution in [0.25, 0.3) is 10.9 Å². The second-order valence-electron chi connectivity index (χ2n) is 3.00. The molecular weight excluding hydrogens is 188 g/mol. The Labute approximate surface area is 79.4 Å². The average Bonchev–Trinajstić information content (AvgIpc) is 2.55. The van der Waals surface area contributed by atoms with E-state index in [1.165, 1.54) is 0 Å². The fourth-order valence-corrected chi connectivity index (χ4v) is 1.59. The molecule has 4 heteroatoms. The smallest absolute Gasteiger partial charge is 0.319 e. The van der Waals surface area contributed by atoms with Crippen molar-refractivity contribution in [1.82, 2.24) is 4.57 Å². The van der Waals surface area contributed by atoms with Gasteiger partial charge in [-0.05, 0) is 12.1 Å². The van der Waals surface area contributed by atoms with Crippen molar-refractivity contribution in [2.45, 2.75) is 13.2 Å². The maximum absolute atomic E-state index is 12.6. The lowest BCUT2D eigenvalue weighted by atomic mass is 10.2. The van der Waals surface area contributed by atoms with Gasteiger partial charge in [0, 0.05) is 11.1 Å². The summed E-state index contributed by atoms with van der Waals surface area (Å²) in [6, 6.07) is 8.40. The lowest BCUT2D eigenvalue weighted by molar-refractivity contribution is 0.0679. The molecule has 0 saturated carbocycles. The van der Waals surface area contributed by atoms with E-state index in [9.17, 15) is 8.78 Å². The standard InChI is InChI=1S/C10H9F2NO/c11-10(12)13-8(6-14)5-7-3-1-2-4-9(7)13/h1-5,10,14H,6H2. The van der Waals surface area contributed by atoms with Crippen molar-refractivity contribution in [3.05, 3.63) is 36.0 Å². The summed E-state index contributed by atoms with van der Waals surface area (Å²) in [6.07, 6.45) is 0. The van der Waals surface area contributed by atoms with Gasteiger partial charge in [-0.15, -0.1) is 0 Å². The van der Waals surface area contributed by atoms with Crippen LogP contribution in [0, 0.1) is 0 Å². The molecule has 1 aromatic carbocycles. The first kappa shape index (κ1) is 9.15. The first-order chi connectivity index (χ1) is 6.74. The molecule has 0 saturated heterocycles. The molecule has 0 aliphatic heterocycles. The number of halogens is 2. The molecule has 0 bridgehead atoms. The van der Waals surface area contributed by atoms with Crippen LogP contribution in [0.2, 0.25) is 0 Å². The number of rotatable bonds is 2. The summed E-state index contributed by atoms with van der Waals surface area (Å²) in [5.74, 6) is 0. The molecule has 0 radical (unpaired) electrons. The summed E-state index contributed by atoms with van der Waals surface area (Å²) in [4.78, 5) is 0.